The van der Waals surface area contributed by atoms with E-state index >= 15 is 0 Å². The Labute approximate surface area is 103 Å². The first kappa shape index (κ1) is 13.1. The minimum absolute atomic E-state index is 0.0363. The largest absolute Gasteiger partial charge is 0.405 e. The number of alkyl halides is 3. The molecule has 1 saturated carbocycles. The van der Waals surface area contributed by atoms with Gasteiger partial charge in [-0.2, -0.15) is 13.2 Å². The van der Waals surface area contributed by atoms with Crippen LogP contribution in [0, 0.1) is 0 Å². The van der Waals surface area contributed by atoms with Crippen LogP contribution in [0.2, 0.25) is 0 Å². The van der Waals surface area contributed by atoms with E-state index < -0.39 is 18.8 Å². The van der Waals surface area contributed by atoms with Crippen molar-refractivity contribution in [3.8, 4) is 0 Å². The highest BCUT2D eigenvalue weighted by Crippen LogP contribution is 2.34. The average Bonchev–Trinajstić information content (AvgIpc) is 3.08. The lowest BCUT2D eigenvalue weighted by Gasteiger charge is -2.25. The molecule has 3 nitrogen and oxygen atoms in total. The lowest BCUT2D eigenvalue weighted by Crippen LogP contribution is -2.36. The van der Waals surface area contributed by atoms with E-state index in [9.17, 15) is 18.3 Å². The summed E-state index contributed by atoms with van der Waals surface area (Å²) >= 11 is 0. The Kier molecular flexibility index (Phi) is 3.47. The Bertz CT molecular complexity index is 399. The highest BCUT2D eigenvalue weighted by molar-refractivity contribution is 5.47. The van der Waals surface area contributed by atoms with Crippen LogP contribution >= 0.6 is 0 Å². The van der Waals surface area contributed by atoms with Gasteiger partial charge in [0.15, 0.2) is 0 Å². The Morgan fingerprint density at radius 3 is 2.50 bits per heavy atom. The number of aliphatic hydroxyl groups is 1. The van der Waals surface area contributed by atoms with Gasteiger partial charge >= 0.3 is 6.18 Å². The van der Waals surface area contributed by atoms with E-state index in [1.807, 2.05) is 0 Å². The lowest BCUT2D eigenvalue weighted by atomic mass is 10.2. The molecule has 1 fully saturated rings. The number of aliphatic hydroxyl groups excluding tert-OH is 1. The van der Waals surface area contributed by atoms with Crippen molar-refractivity contribution in [1.29, 1.82) is 0 Å². The van der Waals surface area contributed by atoms with Gasteiger partial charge in [0.05, 0.1) is 23.7 Å². The molecule has 0 bridgehead atoms. The molecule has 1 aromatic heterocycles. The summed E-state index contributed by atoms with van der Waals surface area (Å²) in [5.41, 5.74) is 0.917. The molecular formula is C12H15F3N2O. The molecule has 0 saturated heterocycles. The van der Waals surface area contributed by atoms with Crippen LogP contribution in [0.4, 0.5) is 18.9 Å². The molecule has 2 rings (SSSR count). The van der Waals surface area contributed by atoms with Gasteiger partial charge in [-0.1, -0.05) is 0 Å². The molecule has 0 spiro atoms. The second kappa shape index (κ2) is 4.76. The van der Waals surface area contributed by atoms with Crippen LogP contribution in [0.5, 0.6) is 0 Å². The van der Waals surface area contributed by atoms with Crippen molar-refractivity contribution in [3.05, 3.63) is 24.0 Å². The molecule has 1 heterocycles. The summed E-state index contributed by atoms with van der Waals surface area (Å²) in [5, 5.41) is 9.31. The second-order valence-electron chi connectivity index (χ2n) is 4.59. The van der Waals surface area contributed by atoms with Gasteiger partial charge in [0.25, 0.3) is 0 Å². The number of anilines is 1. The zero-order chi connectivity index (χ0) is 13.3. The number of aromatic nitrogens is 1. The van der Waals surface area contributed by atoms with E-state index in [1.165, 1.54) is 11.1 Å². The van der Waals surface area contributed by atoms with Crippen LogP contribution in [-0.4, -0.2) is 28.9 Å². The smallest absolute Gasteiger partial charge is 0.387 e. The highest BCUT2D eigenvalue weighted by atomic mass is 19.4. The fourth-order valence-electron chi connectivity index (χ4n) is 1.83. The minimum atomic E-state index is -4.22. The van der Waals surface area contributed by atoms with Crippen molar-refractivity contribution in [2.75, 3.05) is 11.4 Å². The maximum Gasteiger partial charge on any atom is 0.405 e. The lowest BCUT2D eigenvalue weighted by molar-refractivity contribution is -0.120. The molecule has 0 aliphatic heterocycles. The zero-order valence-electron chi connectivity index (χ0n) is 9.98. The Morgan fingerprint density at radius 1 is 1.44 bits per heavy atom. The molecule has 0 amide bonds. The van der Waals surface area contributed by atoms with Crippen molar-refractivity contribution in [2.45, 2.75) is 38.1 Å². The summed E-state index contributed by atoms with van der Waals surface area (Å²) in [6.07, 6.45) is -1.96. The van der Waals surface area contributed by atoms with E-state index in [0.29, 0.717) is 11.4 Å². The van der Waals surface area contributed by atoms with Crippen molar-refractivity contribution < 1.29 is 18.3 Å². The van der Waals surface area contributed by atoms with Crippen molar-refractivity contribution in [2.24, 2.45) is 0 Å². The van der Waals surface area contributed by atoms with Crippen molar-refractivity contribution >= 4 is 5.69 Å². The first-order chi connectivity index (χ1) is 8.37. The SMILES string of the molecule is CC(O)c1ccc(N(CC(F)(F)F)C2CC2)cn1. The molecule has 1 aliphatic carbocycles. The maximum absolute atomic E-state index is 12.5. The van der Waals surface area contributed by atoms with E-state index in [1.54, 1.807) is 19.1 Å². The number of pyridine rings is 1. The van der Waals surface area contributed by atoms with Gasteiger partial charge in [0.2, 0.25) is 0 Å². The Morgan fingerprint density at radius 2 is 2.11 bits per heavy atom. The van der Waals surface area contributed by atoms with E-state index in [4.69, 9.17) is 0 Å². The molecule has 6 heteroatoms. The summed E-state index contributed by atoms with van der Waals surface area (Å²) in [4.78, 5) is 5.31. The average molecular weight is 260 g/mol. The van der Waals surface area contributed by atoms with Gasteiger partial charge in [-0.15, -0.1) is 0 Å². The topological polar surface area (TPSA) is 36.4 Å². The molecule has 18 heavy (non-hydrogen) atoms. The maximum atomic E-state index is 12.5. The van der Waals surface area contributed by atoms with Crippen LogP contribution in [-0.2, 0) is 0 Å². The third kappa shape index (κ3) is 3.35. The summed E-state index contributed by atoms with van der Waals surface area (Å²) in [5.74, 6) is 0. The minimum Gasteiger partial charge on any atom is -0.387 e. The van der Waals surface area contributed by atoms with Crippen LogP contribution in [0.1, 0.15) is 31.6 Å². The van der Waals surface area contributed by atoms with Crippen molar-refractivity contribution in [3.63, 3.8) is 0 Å². The molecule has 1 aromatic rings. The molecule has 1 aliphatic rings. The molecule has 0 aromatic carbocycles. The van der Waals surface area contributed by atoms with Crippen LogP contribution < -0.4 is 4.90 Å². The molecular weight excluding hydrogens is 245 g/mol. The van der Waals surface area contributed by atoms with Crippen molar-refractivity contribution in [1.82, 2.24) is 4.98 Å². The monoisotopic (exact) mass is 260 g/mol. The summed E-state index contributed by atoms with van der Waals surface area (Å²) < 4.78 is 37.5. The summed E-state index contributed by atoms with van der Waals surface area (Å²) in [6, 6.07) is 3.11. The quantitative estimate of drug-likeness (QED) is 0.904. The molecule has 100 valence electrons. The zero-order valence-corrected chi connectivity index (χ0v) is 9.98. The molecule has 0 radical (unpaired) electrons. The number of hydrogen-bond acceptors (Lipinski definition) is 3. The predicted octanol–water partition coefficient (Wildman–Crippen LogP) is 2.67. The normalized spacial score (nSPS) is 17.6. The fourth-order valence-corrected chi connectivity index (χ4v) is 1.83. The second-order valence-corrected chi connectivity index (χ2v) is 4.59. The van der Waals surface area contributed by atoms with E-state index in [2.05, 4.69) is 4.98 Å². The fraction of sp³-hybridized carbons (Fsp3) is 0.583. The Hall–Kier alpha value is -1.30. The molecule has 1 atom stereocenters. The van der Waals surface area contributed by atoms with Crippen LogP contribution in [0.25, 0.3) is 0 Å². The van der Waals surface area contributed by atoms with Gasteiger partial charge in [0, 0.05) is 6.04 Å². The van der Waals surface area contributed by atoms with Gasteiger partial charge in [0.1, 0.15) is 6.54 Å². The number of halogens is 3. The third-order valence-electron chi connectivity index (χ3n) is 2.87. The van der Waals surface area contributed by atoms with Gasteiger partial charge in [-0.25, -0.2) is 0 Å². The third-order valence-corrected chi connectivity index (χ3v) is 2.87. The van der Waals surface area contributed by atoms with Gasteiger partial charge < -0.3 is 10.0 Å². The molecule has 1 unspecified atom stereocenters. The summed E-state index contributed by atoms with van der Waals surface area (Å²) in [7, 11) is 0. The predicted molar refractivity (Wildman–Crippen MR) is 61.3 cm³/mol. The summed E-state index contributed by atoms with van der Waals surface area (Å²) in [6.45, 7) is 0.615. The van der Waals surface area contributed by atoms with Crippen LogP contribution in [0.15, 0.2) is 18.3 Å². The highest BCUT2D eigenvalue weighted by Gasteiger charge is 2.38. The number of nitrogens with zero attached hydrogens (tertiary/aromatic N) is 2. The number of hydrogen-bond donors (Lipinski definition) is 1. The first-order valence-corrected chi connectivity index (χ1v) is 5.84. The van der Waals surface area contributed by atoms with Crippen LogP contribution in [0.3, 0.4) is 0 Å². The van der Waals surface area contributed by atoms with E-state index in [-0.39, 0.29) is 6.04 Å². The van der Waals surface area contributed by atoms with Gasteiger partial charge in [-0.3, -0.25) is 4.98 Å². The van der Waals surface area contributed by atoms with E-state index in [0.717, 1.165) is 12.8 Å². The standard InChI is InChI=1S/C12H15F3N2O/c1-8(18)11-5-4-10(6-16-11)17(9-2-3-9)7-12(13,14)15/h4-6,8-9,18H,2-3,7H2,1H3. The Balaban J connectivity index is 2.15. The number of rotatable bonds is 4. The van der Waals surface area contributed by atoms with Gasteiger partial charge in [-0.05, 0) is 31.9 Å². The molecule has 1 N–H and O–H groups in total. The first-order valence-electron chi connectivity index (χ1n) is 5.84.